The van der Waals surface area contributed by atoms with Gasteiger partial charge in [-0.15, -0.1) is 0 Å². The summed E-state index contributed by atoms with van der Waals surface area (Å²) < 4.78 is 13.3. The van der Waals surface area contributed by atoms with Crippen LogP contribution in [0.2, 0.25) is 0 Å². The highest BCUT2D eigenvalue weighted by Gasteiger charge is 2.17. The third-order valence-electron chi connectivity index (χ3n) is 4.00. The molecule has 1 fully saturated rings. The van der Waals surface area contributed by atoms with Crippen molar-refractivity contribution < 1.29 is 4.39 Å². The lowest BCUT2D eigenvalue weighted by Crippen LogP contribution is -2.32. The summed E-state index contributed by atoms with van der Waals surface area (Å²) in [4.78, 5) is 5.69. The summed E-state index contributed by atoms with van der Waals surface area (Å²) in [7, 11) is 0. The molecule has 0 unspecified atom stereocenters. The summed E-state index contributed by atoms with van der Waals surface area (Å²) in [6, 6.07) is 4.95. The molecule has 0 amide bonds. The van der Waals surface area contributed by atoms with E-state index in [-0.39, 0.29) is 5.82 Å². The molecule has 1 saturated heterocycles. The van der Waals surface area contributed by atoms with Crippen molar-refractivity contribution in [1.82, 2.24) is 9.88 Å². The van der Waals surface area contributed by atoms with Gasteiger partial charge in [-0.3, -0.25) is 4.90 Å². The molecule has 3 heteroatoms. The molecule has 0 atom stereocenters. The minimum absolute atomic E-state index is 0.157. The molecule has 1 N–H and O–H groups in total. The lowest BCUT2D eigenvalue weighted by molar-refractivity contribution is 0.186. The topological polar surface area (TPSA) is 19.0 Å². The van der Waals surface area contributed by atoms with E-state index in [1.54, 1.807) is 6.07 Å². The molecular formula is C15H19FN2. The van der Waals surface area contributed by atoms with E-state index in [0.717, 1.165) is 36.5 Å². The Kier molecular flexibility index (Phi) is 3.08. The monoisotopic (exact) mass is 246 g/mol. The van der Waals surface area contributed by atoms with Crippen molar-refractivity contribution in [3.8, 4) is 0 Å². The van der Waals surface area contributed by atoms with Crippen molar-refractivity contribution in [1.29, 1.82) is 0 Å². The van der Waals surface area contributed by atoms with Crippen LogP contribution in [-0.2, 0) is 6.54 Å². The predicted molar refractivity (Wildman–Crippen MR) is 71.9 cm³/mol. The van der Waals surface area contributed by atoms with E-state index in [1.165, 1.54) is 24.5 Å². The van der Waals surface area contributed by atoms with Gasteiger partial charge >= 0.3 is 0 Å². The maximum Gasteiger partial charge on any atom is 0.123 e. The van der Waals surface area contributed by atoms with Gasteiger partial charge in [0.25, 0.3) is 0 Å². The number of rotatable bonds is 2. The zero-order valence-corrected chi connectivity index (χ0v) is 10.7. The lowest BCUT2D eigenvalue weighted by Gasteiger charge is -2.29. The van der Waals surface area contributed by atoms with E-state index >= 15 is 0 Å². The van der Waals surface area contributed by atoms with Crippen LogP contribution in [0.4, 0.5) is 4.39 Å². The van der Waals surface area contributed by atoms with Gasteiger partial charge in [-0.1, -0.05) is 6.92 Å². The second-order valence-corrected chi connectivity index (χ2v) is 5.46. The molecule has 1 aromatic carbocycles. The summed E-state index contributed by atoms with van der Waals surface area (Å²) in [5.41, 5.74) is 2.23. The van der Waals surface area contributed by atoms with Crippen molar-refractivity contribution in [2.24, 2.45) is 5.92 Å². The summed E-state index contributed by atoms with van der Waals surface area (Å²) in [6.45, 7) is 5.56. The smallest absolute Gasteiger partial charge is 0.123 e. The quantitative estimate of drug-likeness (QED) is 0.858. The van der Waals surface area contributed by atoms with Gasteiger partial charge in [0.15, 0.2) is 0 Å². The Morgan fingerprint density at radius 3 is 2.89 bits per heavy atom. The Morgan fingerprint density at radius 2 is 2.11 bits per heavy atom. The van der Waals surface area contributed by atoms with Crippen molar-refractivity contribution in [2.75, 3.05) is 13.1 Å². The van der Waals surface area contributed by atoms with Gasteiger partial charge in [0.2, 0.25) is 0 Å². The number of benzene rings is 1. The SMILES string of the molecule is CC1CCN(Cc2c[nH]c3ccc(F)cc23)CC1. The number of hydrogen-bond acceptors (Lipinski definition) is 1. The van der Waals surface area contributed by atoms with E-state index in [4.69, 9.17) is 0 Å². The molecule has 2 heterocycles. The molecular weight excluding hydrogens is 227 g/mol. The van der Waals surface area contributed by atoms with Crippen LogP contribution in [0, 0.1) is 11.7 Å². The first kappa shape index (κ1) is 11.7. The van der Waals surface area contributed by atoms with Crippen LogP contribution in [0.25, 0.3) is 10.9 Å². The average Bonchev–Trinajstić information content (AvgIpc) is 2.75. The van der Waals surface area contributed by atoms with E-state index in [2.05, 4.69) is 16.8 Å². The number of halogens is 1. The number of nitrogens with one attached hydrogen (secondary N) is 1. The Morgan fingerprint density at radius 1 is 1.33 bits per heavy atom. The second kappa shape index (κ2) is 4.73. The number of nitrogens with zero attached hydrogens (tertiary/aromatic N) is 1. The van der Waals surface area contributed by atoms with Crippen molar-refractivity contribution in [3.63, 3.8) is 0 Å². The van der Waals surface area contributed by atoms with Crippen LogP contribution >= 0.6 is 0 Å². The fourth-order valence-corrected chi connectivity index (χ4v) is 2.74. The molecule has 0 radical (unpaired) electrons. The number of hydrogen-bond donors (Lipinski definition) is 1. The molecule has 96 valence electrons. The van der Waals surface area contributed by atoms with E-state index in [1.807, 2.05) is 12.3 Å². The standard InChI is InChI=1S/C15H19FN2/c1-11-4-6-18(7-5-11)10-12-9-17-15-3-2-13(16)8-14(12)15/h2-3,8-9,11,17H,4-7,10H2,1H3. The largest absolute Gasteiger partial charge is 0.361 e. The van der Waals surface area contributed by atoms with E-state index < -0.39 is 0 Å². The maximum absolute atomic E-state index is 13.3. The first-order chi connectivity index (χ1) is 8.72. The Balaban J connectivity index is 1.80. The minimum atomic E-state index is -0.157. The highest BCUT2D eigenvalue weighted by Crippen LogP contribution is 2.23. The number of aromatic nitrogens is 1. The van der Waals surface area contributed by atoms with Crippen LogP contribution in [0.5, 0.6) is 0 Å². The highest BCUT2D eigenvalue weighted by atomic mass is 19.1. The Hall–Kier alpha value is -1.35. The predicted octanol–water partition coefficient (Wildman–Crippen LogP) is 3.54. The number of fused-ring (bicyclic) bond motifs is 1. The summed E-state index contributed by atoms with van der Waals surface area (Å²) >= 11 is 0. The van der Waals surface area contributed by atoms with Crippen molar-refractivity contribution in [3.05, 3.63) is 35.8 Å². The Labute approximate surface area is 107 Å². The molecule has 3 rings (SSSR count). The summed E-state index contributed by atoms with van der Waals surface area (Å²) in [6.07, 6.45) is 4.57. The van der Waals surface area contributed by atoms with Crippen molar-refractivity contribution in [2.45, 2.75) is 26.3 Å². The fraction of sp³-hybridized carbons (Fsp3) is 0.467. The first-order valence-corrected chi connectivity index (χ1v) is 6.70. The van der Waals surface area contributed by atoms with Crippen LogP contribution in [0.1, 0.15) is 25.3 Å². The molecule has 0 saturated carbocycles. The molecule has 0 bridgehead atoms. The molecule has 1 aromatic heterocycles. The average molecular weight is 246 g/mol. The molecule has 1 aliphatic rings. The summed E-state index contributed by atoms with van der Waals surface area (Å²) in [5.74, 6) is 0.692. The van der Waals surface area contributed by atoms with Gasteiger partial charge in [0.1, 0.15) is 5.82 Å². The second-order valence-electron chi connectivity index (χ2n) is 5.46. The van der Waals surface area contributed by atoms with Gasteiger partial charge in [0, 0.05) is 23.6 Å². The Bertz CT molecular complexity index is 538. The molecule has 18 heavy (non-hydrogen) atoms. The van der Waals surface area contributed by atoms with Crippen molar-refractivity contribution >= 4 is 10.9 Å². The van der Waals surface area contributed by atoms with Gasteiger partial charge < -0.3 is 4.98 Å². The number of H-pyrrole nitrogens is 1. The number of aromatic amines is 1. The molecule has 0 spiro atoms. The van der Waals surface area contributed by atoms with Gasteiger partial charge in [0.05, 0.1) is 0 Å². The summed E-state index contributed by atoms with van der Waals surface area (Å²) in [5, 5.41) is 1.02. The molecule has 2 aromatic rings. The first-order valence-electron chi connectivity index (χ1n) is 6.70. The minimum Gasteiger partial charge on any atom is -0.361 e. The number of piperidine rings is 1. The van der Waals surface area contributed by atoms with Crippen LogP contribution in [0.15, 0.2) is 24.4 Å². The lowest BCUT2D eigenvalue weighted by atomic mass is 9.99. The highest BCUT2D eigenvalue weighted by molar-refractivity contribution is 5.83. The zero-order chi connectivity index (χ0) is 12.5. The van der Waals surface area contributed by atoms with E-state index in [9.17, 15) is 4.39 Å². The van der Waals surface area contributed by atoms with Crippen LogP contribution in [-0.4, -0.2) is 23.0 Å². The van der Waals surface area contributed by atoms with E-state index in [0.29, 0.717) is 0 Å². The molecule has 2 nitrogen and oxygen atoms in total. The van der Waals surface area contributed by atoms with Crippen LogP contribution in [0.3, 0.4) is 0 Å². The third kappa shape index (κ3) is 2.27. The van der Waals surface area contributed by atoms with Gasteiger partial charge in [-0.2, -0.15) is 0 Å². The van der Waals surface area contributed by atoms with Gasteiger partial charge in [-0.25, -0.2) is 4.39 Å². The fourth-order valence-electron chi connectivity index (χ4n) is 2.74. The molecule has 0 aliphatic carbocycles. The normalized spacial score (nSPS) is 18.6. The van der Waals surface area contributed by atoms with Crippen LogP contribution < -0.4 is 0 Å². The number of likely N-dealkylation sites (tertiary alicyclic amines) is 1. The molecule has 1 aliphatic heterocycles. The zero-order valence-electron chi connectivity index (χ0n) is 10.7. The third-order valence-corrected chi connectivity index (χ3v) is 4.00. The maximum atomic E-state index is 13.3. The van der Waals surface area contributed by atoms with Gasteiger partial charge in [-0.05, 0) is 55.6 Å².